The second-order valence-corrected chi connectivity index (χ2v) is 9.14. The summed E-state index contributed by atoms with van der Waals surface area (Å²) in [7, 11) is 1.69. The zero-order valence-electron chi connectivity index (χ0n) is 20.3. The minimum Gasteiger partial charge on any atom is -0.497 e. The Hall–Kier alpha value is -3.36. The van der Waals surface area contributed by atoms with Crippen LogP contribution in [0.15, 0.2) is 65.3 Å². The maximum atomic E-state index is 13.0. The van der Waals surface area contributed by atoms with E-state index in [9.17, 15) is 4.79 Å². The number of aromatic nitrogens is 1. The molecule has 0 aliphatic carbocycles. The third kappa shape index (κ3) is 5.83. The highest BCUT2D eigenvalue weighted by Gasteiger charge is 2.25. The molecule has 1 amide bonds. The third-order valence-electron chi connectivity index (χ3n) is 6.85. The van der Waals surface area contributed by atoms with Crippen molar-refractivity contribution >= 4 is 11.6 Å². The van der Waals surface area contributed by atoms with Crippen LogP contribution in [0.2, 0.25) is 0 Å². The van der Waals surface area contributed by atoms with Crippen LogP contribution in [0.5, 0.6) is 5.75 Å². The molecular formula is C27H33N5O3. The summed E-state index contributed by atoms with van der Waals surface area (Å²) in [5.41, 5.74) is 2.90. The van der Waals surface area contributed by atoms with Crippen LogP contribution >= 0.6 is 0 Å². The van der Waals surface area contributed by atoms with Crippen molar-refractivity contribution in [2.75, 3.05) is 64.4 Å². The molecule has 1 aromatic heterocycles. The molecule has 0 bridgehead atoms. The Morgan fingerprint density at radius 2 is 1.51 bits per heavy atom. The Morgan fingerprint density at radius 3 is 2.17 bits per heavy atom. The van der Waals surface area contributed by atoms with E-state index < -0.39 is 0 Å². The molecule has 0 unspecified atom stereocenters. The molecule has 3 heterocycles. The Morgan fingerprint density at radius 1 is 0.857 bits per heavy atom. The first kappa shape index (κ1) is 23.4. The van der Waals surface area contributed by atoms with Gasteiger partial charge < -0.3 is 19.0 Å². The van der Waals surface area contributed by atoms with Crippen molar-refractivity contribution in [3.8, 4) is 5.75 Å². The average molecular weight is 476 g/mol. The van der Waals surface area contributed by atoms with E-state index in [4.69, 9.17) is 9.15 Å². The molecule has 0 N–H and O–H groups in total. The summed E-state index contributed by atoms with van der Waals surface area (Å²) in [6.45, 7) is 8.46. The van der Waals surface area contributed by atoms with Crippen LogP contribution in [0.4, 0.5) is 5.69 Å². The number of para-hydroxylation sites is 1. The number of amides is 1. The fraction of sp³-hybridized carbons (Fsp3) is 0.407. The predicted molar refractivity (Wildman–Crippen MR) is 135 cm³/mol. The Labute approximate surface area is 206 Å². The molecular weight excluding hydrogens is 442 g/mol. The zero-order valence-corrected chi connectivity index (χ0v) is 20.3. The number of ether oxygens (including phenoxy) is 1. The number of oxazole rings is 1. The lowest BCUT2D eigenvalue weighted by atomic mass is 10.2. The van der Waals surface area contributed by atoms with E-state index in [0.29, 0.717) is 31.2 Å². The standard InChI is InChI=1S/C27H33N5O3/c1-34-24-9-7-22(8-10-24)19-29-11-13-30(14-12-29)20-26-28-25(21-35-26)27(33)32-17-15-31(16-18-32)23-5-3-2-4-6-23/h2-10,21H,11-20H2,1H3. The van der Waals surface area contributed by atoms with Crippen LogP contribution in [0, 0.1) is 0 Å². The van der Waals surface area contributed by atoms with Gasteiger partial charge in [0.25, 0.3) is 5.91 Å². The Kier molecular flexibility index (Phi) is 7.30. The molecule has 8 heteroatoms. The summed E-state index contributed by atoms with van der Waals surface area (Å²) >= 11 is 0. The van der Waals surface area contributed by atoms with Gasteiger partial charge in [0.05, 0.1) is 13.7 Å². The molecule has 2 saturated heterocycles. The number of methoxy groups -OCH3 is 1. The van der Waals surface area contributed by atoms with Gasteiger partial charge in [0.2, 0.25) is 5.89 Å². The number of rotatable bonds is 7. The lowest BCUT2D eigenvalue weighted by Crippen LogP contribution is -2.48. The summed E-state index contributed by atoms with van der Waals surface area (Å²) in [6, 6.07) is 18.6. The molecule has 0 saturated carbocycles. The first-order valence-corrected chi connectivity index (χ1v) is 12.3. The predicted octanol–water partition coefficient (Wildman–Crippen LogP) is 2.96. The molecule has 2 fully saturated rings. The normalized spacial score (nSPS) is 17.5. The van der Waals surface area contributed by atoms with Crippen molar-refractivity contribution in [3.05, 3.63) is 78.0 Å². The largest absolute Gasteiger partial charge is 0.497 e. The summed E-state index contributed by atoms with van der Waals surface area (Å²) in [4.78, 5) is 26.5. The summed E-state index contributed by atoms with van der Waals surface area (Å²) in [5, 5.41) is 0. The minimum atomic E-state index is -0.0444. The van der Waals surface area contributed by atoms with Crippen LogP contribution in [-0.2, 0) is 13.1 Å². The van der Waals surface area contributed by atoms with Crippen LogP contribution < -0.4 is 9.64 Å². The second kappa shape index (κ2) is 10.9. The van der Waals surface area contributed by atoms with Crippen molar-refractivity contribution in [1.82, 2.24) is 19.7 Å². The van der Waals surface area contributed by atoms with Gasteiger partial charge in [-0.15, -0.1) is 0 Å². The lowest BCUT2D eigenvalue weighted by molar-refractivity contribution is 0.0740. The molecule has 35 heavy (non-hydrogen) atoms. The highest BCUT2D eigenvalue weighted by atomic mass is 16.5. The summed E-state index contributed by atoms with van der Waals surface area (Å²) in [6.07, 6.45) is 1.52. The molecule has 2 aliphatic rings. The average Bonchev–Trinajstić information content (AvgIpc) is 3.39. The molecule has 3 aromatic rings. The van der Waals surface area contributed by atoms with Crippen LogP contribution in [-0.4, -0.2) is 85.1 Å². The van der Waals surface area contributed by atoms with Crippen molar-refractivity contribution in [1.29, 1.82) is 0 Å². The number of carbonyl (C=O) groups is 1. The molecule has 0 atom stereocenters. The van der Waals surface area contributed by atoms with E-state index in [1.807, 2.05) is 35.2 Å². The molecule has 8 nitrogen and oxygen atoms in total. The fourth-order valence-electron chi connectivity index (χ4n) is 4.74. The van der Waals surface area contributed by atoms with Crippen LogP contribution in [0.1, 0.15) is 21.9 Å². The zero-order chi connectivity index (χ0) is 24.0. The van der Waals surface area contributed by atoms with Crippen LogP contribution in [0.25, 0.3) is 0 Å². The highest BCUT2D eigenvalue weighted by molar-refractivity contribution is 5.92. The van der Waals surface area contributed by atoms with Gasteiger partial charge in [-0.25, -0.2) is 4.98 Å². The fourth-order valence-corrected chi connectivity index (χ4v) is 4.74. The first-order chi connectivity index (χ1) is 17.2. The van der Waals surface area contributed by atoms with Gasteiger partial charge in [0.1, 0.15) is 12.0 Å². The highest BCUT2D eigenvalue weighted by Crippen LogP contribution is 2.18. The molecule has 5 rings (SSSR count). The minimum absolute atomic E-state index is 0.0444. The maximum Gasteiger partial charge on any atom is 0.275 e. The van der Waals surface area contributed by atoms with Crippen LogP contribution in [0.3, 0.4) is 0 Å². The Balaban J connectivity index is 1.07. The van der Waals surface area contributed by atoms with Crippen molar-refractivity contribution < 1.29 is 13.9 Å². The van der Waals surface area contributed by atoms with Gasteiger partial charge in [-0.3, -0.25) is 14.6 Å². The first-order valence-electron chi connectivity index (χ1n) is 12.3. The number of piperazine rings is 2. The van der Waals surface area contributed by atoms with E-state index in [-0.39, 0.29) is 5.91 Å². The number of benzene rings is 2. The second-order valence-electron chi connectivity index (χ2n) is 9.14. The van der Waals surface area contributed by atoms with Gasteiger partial charge in [0.15, 0.2) is 5.69 Å². The topological polar surface area (TPSA) is 65.3 Å². The van der Waals surface area contributed by atoms with Gasteiger partial charge in [-0.2, -0.15) is 0 Å². The number of nitrogens with zero attached hydrogens (tertiary/aromatic N) is 5. The quantitative estimate of drug-likeness (QED) is 0.521. The Bertz CT molecular complexity index is 1090. The van der Waals surface area contributed by atoms with Gasteiger partial charge in [0, 0.05) is 64.6 Å². The monoisotopic (exact) mass is 475 g/mol. The number of anilines is 1. The van der Waals surface area contributed by atoms with E-state index in [2.05, 4.69) is 43.9 Å². The summed E-state index contributed by atoms with van der Waals surface area (Å²) < 4.78 is 10.9. The molecule has 0 radical (unpaired) electrons. The van der Waals surface area contributed by atoms with E-state index in [0.717, 1.165) is 51.6 Å². The molecule has 0 spiro atoms. The van der Waals surface area contributed by atoms with Crippen molar-refractivity contribution in [3.63, 3.8) is 0 Å². The smallest absolute Gasteiger partial charge is 0.275 e. The van der Waals surface area contributed by atoms with Crippen molar-refractivity contribution in [2.24, 2.45) is 0 Å². The summed E-state index contributed by atoms with van der Waals surface area (Å²) in [5.74, 6) is 1.45. The SMILES string of the molecule is COc1ccc(CN2CCN(Cc3nc(C(=O)N4CCN(c5ccccc5)CC4)co3)CC2)cc1. The van der Waals surface area contributed by atoms with Crippen molar-refractivity contribution in [2.45, 2.75) is 13.1 Å². The van der Waals surface area contributed by atoms with E-state index in [1.54, 1.807) is 7.11 Å². The maximum absolute atomic E-state index is 13.0. The molecule has 2 aromatic carbocycles. The molecule has 184 valence electrons. The number of hydrogen-bond donors (Lipinski definition) is 0. The number of hydrogen-bond acceptors (Lipinski definition) is 7. The van der Waals surface area contributed by atoms with E-state index >= 15 is 0 Å². The third-order valence-corrected chi connectivity index (χ3v) is 6.85. The van der Waals surface area contributed by atoms with E-state index in [1.165, 1.54) is 17.5 Å². The molecule has 2 aliphatic heterocycles. The van der Waals surface area contributed by atoms with Gasteiger partial charge in [-0.1, -0.05) is 30.3 Å². The lowest BCUT2D eigenvalue weighted by Gasteiger charge is -2.35. The number of carbonyl (C=O) groups excluding carboxylic acids is 1. The van der Waals surface area contributed by atoms with Gasteiger partial charge >= 0.3 is 0 Å². The van der Waals surface area contributed by atoms with Gasteiger partial charge in [-0.05, 0) is 29.8 Å².